The number of thioether (sulfide) groups is 1. The fourth-order valence-electron chi connectivity index (χ4n) is 4.06. The van der Waals surface area contributed by atoms with Gasteiger partial charge >= 0.3 is 0 Å². The zero-order chi connectivity index (χ0) is 23.1. The Balaban J connectivity index is 1.57. The summed E-state index contributed by atoms with van der Waals surface area (Å²) in [5, 5.41) is -0.130. The third kappa shape index (κ3) is 3.80. The number of carbonyl (C=O) groups excluding carboxylic acids is 1. The molecule has 5 nitrogen and oxygen atoms in total. The number of amides is 1. The van der Waals surface area contributed by atoms with Gasteiger partial charge < -0.3 is 4.90 Å². The van der Waals surface area contributed by atoms with Crippen molar-refractivity contribution in [1.82, 2.24) is 9.55 Å². The van der Waals surface area contributed by atoms with Gasteiger partial charge in [0.1, 0.15) is 11.6 Å². The maximum absolute atomic E-state index is 14.7. The summed E-state index contributed by atoms with van der Waals surface area (Å²) in [6.45, 7) is 2.31. The number of aromatic nitrogens is 2. The fraction of sp³-hybridized carbons (Fsp3) is 0.160. The number of fused-ring (bicyclic) bond motifs is 2. The topological polar surface area (TPSA) is 55.2 Å². The molecule has 0 spiro atoms. The second-order valence-electron chi connectivity index (χ2n) is 7.78. The third-order valence-corrected chi connectivity index (χ3v) is 6.72. The van der Waals surface area contributed by atoms with E-state index < -0.39 is 22.4 Å². The number of halogens is 2. The largest absolute Gasteiger partial charge is 0.311 e. The van der Waals surface area contributed by atoms with Crippen molar-refractivity contribution in [2.45, 2.75) is 23.8 Å². The Morgan fingerprint density at radius 1 is 1.03 bits per heavy atom. The SMILES string of the molecule is CC(Sc1nc2ccccc2c(=O)n1-c1ccc(F)cc1F)C(=O)N1CCc2ccccc21. The molecular formula is C25H19F2N3O2S. The molecule has 0 N–H and O–H groups in total. The first kappa shape index (κ1) is 21.3. The number of benzene rings is 3. The molecule has 1 unspecified atom stereocenters. The molecule has 1 amide bonds. The van der Waals surface area contributed by atoms with Crippen LogP contribution in [-0.2, 0) is 11.2 Å². The van der Waals surface area contributed by atoms with Crippen molar-refractivity contribution in [3.8, 4) is 5.69 Å². The Kier molecular flexibility index (Phi) is 5.46. The lowest BCUT2D eigenvalue weighted by Crippen LogP contribution is -2.35. The van der Waals surface area contributed by atoms with Crippen molar-refractivity contribution in [3.05, 3.63) is 94.3 Å². The third-order valence-electron chi connectivity index (χ3n) is 5.68. The molecule has 1 aliphatic rings. The molecule has 2 heterocycles. The zero-order valence-electron chi connectivity index (χ0n) is 17.7. The second kappa shape index (κ2) is 8.44. The number of hydrogen-bond acceptors (Lipinski definition) is 4. The number of rotatable bonds is 4. The smallest absolute Gasteiger partial charge is 0.266 e. The Labute approximate surface area is 192 Å². The second-order valence-corrected chi connectivity index (χ2v) is 9.08. The Bertz CT molecular complexity index is 1450. The highest BCUT2D eigenvalue weighted by molar-refractivity contribution is 8.00. The summed E-state index contributed by atoms with van der Waals surface area (Å²) in [4.78, 5) is 32.9. The van der Waals surface area contributed by atoms with E-state index in [1.807, 2.05) is 24.3 Å². The lowest BCUT2D eigenvalue weighted by molar-refractivity contribution is -0.117. The molecule has 33 heavy (non-hydrogen) atoms. The maximum Gasteiger partial charge on any atom is 0.266 e. The summed E-state index contributed by atoms with van der Waals surface area (Å²) in [5.41, 5.74) is 1.82. The van der Waals surface area contributed by atoms with Gasteiger partial charge in [0.2, 0.25) is 5.91 Å². The molecule has 8 heteroatoms. The van der Waals surface area contributed by atoms with Crippen LogP contribution in [0.3, 0.4) is 0 Å². The van der Waals surface area contributed by atoms with E-state index in [1.54, 1.807) is 36.1 Å². The van der Waals surface area contributed by atoms with Crippen LogP contribution in [0.25, 0.3) is 16.6 Å². The van der Waals surface area contributed by atoms with Crippen molar-refractivity contribution in [2.24, 2.45) is 0 Å². The van der Waals surface area contributed by atoms with E-state index in [-0.39, 0.29) is 16.8 Å². The summed E-state index contributed by atoms with van der Waals surface area (Å²) >= 11 is 1.08. The van der Waals surface area contributed by atoms with Gasteiger partial charge in [0.15, 0.2) is 5.16 Å². The molecule has 3 aromatic carbocycles. The van der Waals surface area contributed by atoms with E-state index in [0.717, 1.165) is 46.1 Å². The normalized spacial score (nSPS) is 13.8. The highest BCUT2D eigenvalue weighted by atomic mass is 32.2. The maximum atomic E-state index is 14.7. The van der Waals surface area contributed by atoms with Gasteiger partial charge in [-0.1, -0.05) is 42.1 Å². The van der Waals surface area contributed by atoms with E-state index in [2.05, 4.69) is 4.98 Å². The monoisotopic (exact) mass is 463 g/mol. The molecule has 1 aliphatic heterocycles. The molecule has 166 valence electrons. The van der Waals surface area contributed by atoms with Crippen molar-refractivity contribution in [3.63, 3.8) is 0 Å². The first-order chi connectivity index (χ1) is 15.9. The fourth-order valence-corrected chi connectivity index (χ4v) is 5.04. The quantitative estimate of drug-likeness (QED) is 0.324. The molecule has 1 aromatic heterocycles. The van der Waals surface area contributed by atoms with Gasteiger partial charge in [-0.2, -0.15) is 0 Å². The van der Waals surface area contributed by atoms with Crippen molar-refractivity contribution in [1.29, 1.82) is 0 Å². The predicted octanol–water partition coefficient (Wildman–Crippen LogP) is 4.73. The van der Waals surface area contributed by atoms with Crippen LogP contribution in [-0.4, -0.2) is 27.3 Å². The summed E-state index contributed by atoms with van der Waals surface area (Å²) in [5.74, 6) is -1.76. The molecule has 1 atom stereocenters. The lowest BCUT2D eigenvalue weighted by atomic mass is 10.2. The molecule has 4 aromatic rings. The van der Waals surface area contributed by atoms with Gasteiger partial charge in [-0.05, 0) is 49.2 Å². The van der Waals surface area contributed by atoms with Gasteiger partial charge in [-0.3, -0.25) is 14.2 Å². The average molecular weight is 464 g/mol. The summed E-state index contributed by atoms with van der Waals surface area (Å²) in [6.07, 6.45) is 0.777. The van der Waals surface area contributed by atoms with Crippen LogP contribution in [0.15, 0.2) is 76.7 Å². The van der Waals surface area contributed by atoms with Crippen LogP contribution in [0.2, 0.25) is 0 Å². The molecule has 0 fully saturated rings. The first-order valence-electron chi connectivity index (χ1n) is 10.5. The van der Waals surface area contributed by atoms with Crippen LogP contribution < -0.4 is 10.5 Å². The van der Waals surface area contributed by atoms with Crippen LogP contribution in [0, 0.1) is 11.6 Å². The Morgan fingerprint density at radius 3 is 2.61 bits per heavy atom. The highest BCUT2D eigenvalue weighted by Gasteiger charge is 2.29. The highest BCUT2D eigenvalue weighted by Crippen LogP contribution is 2.32. The van der Waals surface area contributed by atoms with Gasteiger partial charge in [0.05, 0.1) is 21.8 Å². The average Bonchev–Trinajstić information content (AvgIpc) is 3.24. The minimum Gasteiger partial charge on any atom is -0.311 e. The van der Waals surface area contributed by atoms with Crippen molar-refractivity contribution in [2.75, 3.05) is 11.4 Å². The summed E-state index contributed by atoms with van der Waals surface area (Å²) < 4.78 is 29.3. The van der Waals surface area contributed by atoms with E-state index in [9.17, 15) is 18.4 Å². The van der Waals surface area contributed by atoms with E-state index in [4.69, 9.17) is 0 Å². The van der Waals surface area contributed by atoms with Gasteiger partial charge in [-0.25, -0.2) is 13.8 Å². The standard InChI is InChI=1S/C25H19F2N3O2S/c1-15(23(31)29-13-12-16-6-2-5-9-21(16)29)33-25-28-20-8-4-3-7-18(20)24(32)30(25)22-11-10-17(26)14-19(22)27/h2-11,14-15H,12-13H2,1H3. The van der Waals surface area contributed by atoms with Crippen LogP contribution in [0.1, 0.15) is 12.5 Å². The van der Waals surface area contributed by atoms with Crippen LogP contribution in [0.5, 0.6) is 0 Å². The first-order valence-corrected chi connectivity index (χ1v) is 11.3. The number of para-hydroxylation sites is 2. The molecule has 0 saturated carbocycles. The number of carbonyl (C=O) groups is 1. The number of nitrogens with zero attached hydrogens (tertiary/aromatic N) is 3. The number of anilines is 1. The predicted molar refractivity (Wildman–Crippen MR) is 125 cm³/mol. The van der Waals surface area contributed by atoms with Gasteiger partial charge in [0, 0.05) is 18.3 Å². The molecular weight excluding hydrogens is 444 g/mol. The van der Waals surface area contributed by atoms with Gasteiger partial charge in [-0.15, -0.1) is 0 Å². The Morgan fingerprint density at radius 2 is 1.79 bits per heavy atom. The van der Waals surface area contributed by atoms with E-state index >= 15 is 0 Å². The van der Waals surface area contributed by atoms with E-state index in [1.165, 1.54) is 6.07 Å². The van der Waals surface area contributed by atoms with Crippen molar-refractivity contribution < 1.29 is 13.6 Å². The molecule has 0 aliphatic carbocycles. The number of hydrogen-bond donors (Lipinski definition) is 0. The minimum absolute atomic E-state index is 0.117. The van der Waals surface area contributed by atoms with Crippen LogP contribution in [0.4, 0.5) is 14.5 Å². The Hall–Kier alpha value is -3.52. The van der Waals surface area contributed by atoms with Crippen LogP contribution >= 0.6 is 11.8 Å². The minimum atomic E-state index is -0.886. The lowest BCUT2D eigenvalue weighted by Gasteiger charge is -2.22. The van der Waals surface area contributed by atoms with Crippen molar-refractivity contribution >= 4 is 34.3 Å². The zero-order valence-corrected chi connectivity index (χ0v) is 18.5. The summed E-state index contributed by atoms with van der Waals surface area (Å²) in [6, 6.07) is 17.5. The molecule has 0 saturated heterocycles. The van der Waals surface area contributed by atoms with Gasteiger partial charge in [0.25, 0.3) is 5.56 Å². The van der Waals surface area contributed by atoms with E-state index in [0.29, 0.717) is 17.4 Å². The molecule has 5 rings (SSSR count). The molecule has 0 bridgehead atoms. The molecule has 0 radical (unpaired) electrons. The summed E-state index contributed by atoms with van der Waals surface area (Å²) in [7, 11) is 0.